The zero-order valence-electron chi connectivity index (χ0n) is 8.07. The first-order valence-electron chi connectivity index (χ1n) is 4.67. The number of hydrogen-bond donors (Lipinski definition) is 0. The quantitative estimate of drug-likeness (QED) is 0.688. The number of rotatable bonds is 3. The molecule has 0 atom stereocenters. The molecular formula is C12H12O2. The van der Waals surface area contributed by atoms with Gasteiger partial charge >= 0.3 is 0 Å². The second kappa shape index (κ2) is 4.01. The van der Waals surface area contributed by atoms with Crippen LogP contribution in [0.3, 0.4) is 0 Å². The SMILES string of the molecule is CCO/C=C/c1cc2ccccc2o1. The average molecular weight is 188 g/mol. The maximum atomic E-state index is 5.55. The van der Waals surface area contributed by atoms with Gasteiger partial charge in [0.05, 0.1) is 12.9 Å². The summed E-state index contributed by atoms with van der Waals surface area (Å²) in [5.41, 5.74) is 0.906. The maximum Gasteiger partial charge on any atom is 0.134 e. The van der Waals surface area contributed by atoms with Crippen LogP contribution in [0.4, 0.5) is 0 Å². The molecule has 2 aromatic rings. The third-order valence-electron chi connectivity index (χ3n) is 1.94. The molecule has 0 aliphatic rings. The molecule has 2 nitrogen and oxygen atoms in total. The fourth-order valence-electron chi connectivity index (χ4n) is 1.30. The first-order chi connectivity index (χ1) is 6.90. The second-order valence-corrected chi connectivity index (χ2v) is 2.94. The highest BCUT2D eigenvalue weighted by atomic mass is 16.5. The van der Waals surface area contributed by atoms with Gasteiger partial charge in [-0.05, 0) is 19.1 Å². The van der Waals surface area contributed by atoms with Crippen LogP contribution in [-0.2, 0) is 4.74 Å². The highest BCUT2D eigenvalue weighted by Gasteiger charge is 1.98. The van der Waals surface area contributed by atoms with Crippen LogP contribution >= 0.6 is 0 Å². The smallest absolute Gasteiger partial charge is 0.134 e. The van der Waals surface area contributed by atoms with Gasteiger partial charge in [0.1, 0.15) is 11.3 Å². The Morgan fingerprint density at radius 1 is 1.36 bits per heavy atom. The molecule has 0 aliphatic heterocycles. The molecule has 0 aliphatic carbocycles. The van der Waals surface area contributed by atoms with Crippen molar-refractivity contribution in [2.45, 2.75) is 6.92 Å². The highest BCUT2D eigenvalue weighted by molar-refractivity contribution is 5.79. The summed E-state index contributed by atoms with van der Waals surface area (Å²) in [6.45, 7) is 2.62. The topological polar surface area (TPSA) is 22.4 Å². The van der Waals surface area contributed by atoms with Gasteiger partial charge in [0.15, 0.2) is 0 Å². The van der Waals surface area contributed by atoms with Gasteiger partial charge in [-0.2, -0.15) is 0 Å². The first kappa shape index (κ1) is 8.88. The van der Waals surface area contributed by atoms with Crippen LogP contribution in [0, 0.1) is 0 Å². The molecule has 0 fully saturated rings. The van der Waals surface area contributed by atoms with Crippen LogP contribution in [0.25, 0.3) is 17.0 Å². The van der Waals surface area contributed by atoms with Crippen LogP contribution in [-0.4, -0.2) is 6.61 Å². The molecule has 0 radical (unpaired) electrons. The van der Waals surface area contributed by atoms with E-state index < -0.39 is 0 Å². The normalized spacial score (nSPS) is 11.2. The summed E-state index contributed by atoms with van der Waals surface area (Å²) in [4.78, 5) is 0. The van der Waals surface area contributed by atoms with Crippen LogP contribution in [0.2, 0.25) is 0 Å². The number of para-hydroxylation sites is 1. The Morgan fingerprint density at radius 3 is 3.00 bits per heavy atom. The van der Waals surface area contributed by atoms with Gasteiger partial charge in [0.25, 0.3) is 0 Å². The van der Waals surface area contributed by atoms with Gasteiger partial charge in [-0.3, -0.25) is 0 Å². The van der Waals surface area contributed by atoms with E-state index in [1.54, 1.807) is 6.26 Å². The predicted octanol–water partition coefficient (Wildman–Crippen LogP) is 3.44. The van der Waals surface area contributed by atoms with Gasteiger partial charge in [0, 0.05) is 11.5 Å². The number of ether oxygens (including phenoxy) is 1. The predicted molar refractivity (Wildman–Crippen MR) is 56.9 cm³/mol. The van der Waals surface area contributed by atoms with Crippen molar-refractivity contribution < 1.29 is 9.15 Å². The molecule has 14 heavy (non-hydrogen) atoms. The molecule has 0 bridgehead atoms. The lowest BCUT2D eigenvalue weighted by Crippen LogP contribution is -1.75. The molecule has 2 heteroatoms. The molecule has 0 spiro atoms. The van der Waals surface area contributed by atoms with E-state index in [4.69, 9.17) is 9.15 Å². The molecule has 0 amide bonds. The molecular weight excluding hydrogens is 176 g/mol. The van der Waals surface area contributed by atoms with Crippen LogP contribution in [0.15, 0.2) is 41.0 Å². The third kappa shape index (κ3) is 1.79. The van der Waals surface area contributed by atoms with Crippen molar-refractivity contribution in [2.24, 2.45) is 0 Å². The van der Waals surface area contributed by atoms with E-state index in [9.17, 15) is 0 Å². The van der Waals surface area contributed by atoms with Crippen molar-refractivity contribution >= 4 is 17.0 Å². The molecule has 2 rings (SSSR count). The molecule has 0 saturated carbocycles. The molecule has 72 valence electrons. The van der Waals surface area contributed by atoms with Gasteiger partial charge in [-0.15, -0.1) is 0 Å². The summed E-state index contributed by atoms with van der Waals surface area (Å²) in [5, 5.41) is 1.11. The summed E-state index contributed by atoms with van der Waals surface area (Å²) in [7, 11) is 0. The summed E-state index contributed by atoms with van der Waals surface area (Å²) in [6.07, 6.45) is 3.47. The van der Waals surface area contributed by atoms with Crippen LogP contribution in [0.1, 0.15) is 12.7 Å². The summed E-state index contributed by atoms with van der Waals surface area (Å²) in [6, 6.07) is 9.92. The van der Waals surface area contributed by atoms with Crippen molar-refractivity contribution in [1.82, 2.24) is 0 Å². The largest absolute Gasteiger partial charge is 0.501 e. The molecule has 1 aromatic carbocycles. The zero-order chi connectivity index (χ0) is 9.80. The minimum Gasteiger partial charge on any atom is -0.501 e. The lowest BCUT2D eigenvalue weighted by molar-refractivity contribution is 0.271. The summed E-state index contributed by atoms with van der Waals surface area (Å²) in [5.74, 6) is 0.819. The zero-order valence-corrected chi connectivity index (χ0v) is 8.07. The Labute approximate surface area is 82.8 Å². The Morgan fingerprint density at radius 2 is 2.21 bits per heavy atom. The molecule has 1 aromatic heterocycles. The minimum atomic E-state index is 0.677. The van der Waals surface area contributed by atoms with Crippen molar-refractivity contribution in [3.05, 3.63) is 42.4 Å². The van der Waals surface area contributed by atoms with Gasteiger partial charge in [-0.1, -0.05) is 18.2 Å². The standard InChI is InChI=1S/C12H12O2/c1-2-13-8-7-11-9-10-5-3-4-6-12(10)14-11/h3-9H,2H2,1H3/b8-7+. The number of furan rings is 1. The minimum absolute atomic E-state index is 0.677. The molecule has 0 N–H and O–H groups in total. The van der Waals surface area contributed by atoms with Crippen molar-refractivity contribution in [2.75, 3.05) is 6.61 Å². The van der Waals surface area contributed by atoms with E-state index in [0.29, 0.717) is 6.61 Å². The fraction of sp³-hybridized carbons (Fsp3) is 0.167. The number of hydrogen-bond acceptors (Lipinski definition) is 2. The highest BCUT2D eigenvalue weighted by Crippen LogP contribution is 2.19. The Balaban J connectivity index is 2.27. The van der Waals surface area contributed by atoms with Crippen LogP contribution < -0.4 is 0 Å². The molecule has 0 saturated heterocycles. The Kier molecular flexibility index (Phi) is 2.54. The van der Waals surface area contributed by atoms with E-state index in [0.717, 1.165) is 16.7 Å². The summed E-state index contributed by atoms with van der Waals surface area (Å²) < 4.78 is 10.6. The maximum absolute atomic E-state index is 5.55. The molecule has 0 unspecified atom stereocenters. The Bertz CT molecular complexity index is 407. The lowest BCUT2D eigenvalue weighted by Gasteiger charge is -1.89. The van der Waals surface area contributed by atoms with Crippen molar-refractivity contribution in [3.8, 4) is 0 Å². The van der Waals surface area contributed by atoms with Crippen molar-refractivity contribution in [1.29, 1.82) is 0 Å². The van der Waals surface area contributed by atoms with E-state index in [2.05, 4.69) is 0 Å². The van der Waals surface area contributed by atoms with E-state index >= 15 is 0 Å². The number of benzene rings is 1. The third-order valence-corrected chi connectivity index (χ3v) is 1.94. The summed E-state index contributed by atoms with van der Waals surface area (Å²) >= 11 is 0. The van der Waals surface area contributed by atoms with Gasteiger partial charge < -0.3 is 9.15 Å². The Hall–Kier alpha value is -1.70. The number of fused-ring (bicyclic) bond motifs is 1. The monoisotopic (exact) mass is 188 g/mol. The second-order valence-electron chi connectivity index (χ2n) is 2.94. The van der Waals surface area contributed by atoms with Gasteiger partial charge in [0.2, 0.25) is 0 Å². The molecule has 1 heterocycles. The van der Waals surface area contributed by atoms with Crippen molar-refractivity contribution in [3.63, 3.8) is 0 Å². The van der Waals surface area contributed by atoms with E-state index in [-0.39, 0.29) is 0 Å². The van der Waals surface area contributed by atoms with E-state index in [1.165, 1.54) is 0 Å². The fourth-order valence-corrected chi connectivity index (χ4v) is 1.30. The van der Waals surface area contributed by atoms with E-state index in [1.807, 2.05) is 43.3 Å². The average Bonchev–Trinajstić information content (AvgIpc) is 2.60. The lowest BCUT2D eigenvalue weighted by atomic mass is 10.2. The van der Waals surface area contributed by atoms with Crippen LogP contribution in [0.5, 0.6) is 0 Å². The first-order valence-corrected chi connectivity index (χ1v) is 4.67. The van der Waals surface area contributed by atoms with Gasteiger partial charge in [-0.25, -0.2) is 0 Å².